The van der Waals surface area contributed by atoms with Crippen LogP contribution in [-0.4, -0.2) is 31.0 Å². The lowest BCUT2D eigenvalue weighted by Gasteiger charge is -2.21. The number of aliphatic hydroxyl groups is 1. The van der Waals surface area contributed by atoms with Crippen molar-refractivity contribution in [3.8, 4) is 0 Å². The minimum atomic E-state index is -4.72. The summed E-state index contributed by atoms with van der Waals surface area (Å²) in [6.07, 6.45) is -4.49. The number of hydrogen-bond acceptors (Lipinski definition) is 5. The largest absolute Gasteiger partial charge is 0.423 e. The molecule has 0 fully saturated rings. The Morgan fingerprint density at radius 1 is 0.861 bits per heavy atom. The van der Waals surface area contributed by atoms with E-state index in [4.69, 9.17) is 4.42 Å². The lowest BCUT2D eigenvalue weighted by atomic mass is 10.0. The molecule has 188 valence electrons. The van der Waals surface area contributed by atoms with Crippen molar-refractivity contribution in [2.24, 2.45) is 0 Å². The van der Waals surface area contributed by atoms with Crippen LogP contribution < -0.4 is 5.63 Å². The van der Waals surface area contributed by atoms with E-state index in [2.05, 4.69) is 0 Å². The maximum atomic E-state index is 13.4. The predicted molar refractivity (Wildman–Crippen MR) is 128 cm³/mol. The van der Waals surface area contributed by atoms with Crippen LogP contribution in [0.15, 0.2) is 93.0 Å². The van der Waals surface area contributed by atoms with Crippen LogP contribution >= 0.6 is 0 Å². The normalized spacial score (nSPS) is 12.4. The molecule has 0 unspecified atom stereocenters. The van der Waals surface area contributed by atoms with E-state index in [9.17, 15) is 31.5 Å². The molecule has 1 aromatic heterocycles. The zero-order chi connectivity index (χ0) is 25.9. The van der Waals surface area contributed by atoms with Gasteiger partial charge in [-0.25, -0.2) is 13.2 Å². The highest BCUT2D eigenvalue weighted by Gasteiger charge is 2.34. The molecule has 4 aromatic rings. The number of rotatable bonds is 8. The van der Waals surface area contributed by atoms with Gasteiger partial charge < -0.3 is 9.52 Å². The molecule has 0 bridgehead atoms. The second-order valence-corrected chi connectivity index (χ2v) is 10.1. The molecule has 10 heteroatoms. The highest BCUT2D eigenvalue weighted by molar-refractivity contribution is 7.89. The van der Waals surface area contributed by atoms with Gasteiger partial charge in [0.2, 0.25) is 10.0 Å². The molecule has 0 radical (unpaired) electrons. The van der Waals surface area contributed by atoms with Gasteiger partial charge in [0.1, 0.15) is 5.58 Å². The van der Waals surface area contributed by atoms with Gasteiger partial charge in [0.15, 0.2) is 0 Å². The summed E-state index contributed by atoms with van der Waals surface area (Å²) in [6, 6.07) is 19.7. The standard InChI is InChI=1S/C26H22F3NO5S/c27-26(28,29)23-16-25(32)35-24-11-8-20(15-22(23)24)14-18-6-9-21(10-7-18)36(33,34)30(12-13-31)17-19-4-2-1-3-5-19/h1-11,15-16,31H,12-14,17H2. The summed E-state index contributed by atoms with van der Waals surface area (Å²) in [5.41, 5.74) is -0.334. The van der Waals surface area contributed by atoms with Gasteiger partial charge in [0.25, 0.3) is 0 Å². The molecule has 6 nitrogen and oxygen atoms in total. The van der Waals surface area contributed by atoms with Crippen LogP contribution in [0.4, 0.5) is 13.2 Å². The topological polar surface area (TPSA) is 87.8 Å². The molecule has 0 atom stereocenters. The van der Waals surface area contributed by atoms with Crippen LogP contribution in [0.1, 0.15) is 22.3 Å². The summed E-state index contributed by atoms with van der Waals surface area (Å²) in [7, 11) is -3.90. The zero-order valence-corrected chi connectivity index (χ0v) is 19.7. The van der Waals surface area contributed by atoms with Gasteiger partial charge in [-0.05, 0) is 47.4 Å². The monoisotopic (exact) mass is 517 g/mol. The van der Waals surface area contributed by atoms with E-state index >= 15 is 0 Å². The van der Waals surface area contributed by atoms with Crippen LogP contribution in [0.3, 0.4) is 0 Å². The zero-order valence-electron chi connectivity index (χ0n) is 18.9. The van der Waals surface area contributed by atoms with Crippen LogP contribution in [0, 0.1) is 0 Å². The van der Waals surface area contributed by atoms with Crippen LogP contribution in [0.25, 0.3) is 11.0 Å². The fourth-order valence-corrected chi connectivity index (χ4v) is 5.32. The lowest BCUT2D eigenvalue weighted by molar-refractivity contribution is -0.136. The number of halogens is 3. The maximum Gasteiger partial charge on any atom is 0.417 e. The Hall–Kier alpha value is -3.47. The van der Waals surface area contributed by atoms with Crippen molar-refractivity contribution in [2.45, 2.75) is 24.0 Å². The van der Waals surface area contributed by atoms with E-state index in [1.807, 2.05) is 6.07 Å². The van der Waals surface area contributed by atoms with Gasteiger partial charge >= 0.3 is 11.8 Å². The second-order valence-electron chi connectivity index (χ2n) is 8.18. The molecule has 0 saturated heterocycles. The molecule has 1 heterocycles. The first-order chi connectivity index (χ1) is 17.1. The van der Waals surface area contributed by atoms with E-state index in [0.29, 0.717) is 17.2 Å². The summed E-state index contributed by atoms with van der Waals surface area (Å²) in [6.45, 7) is -0.319. The maximum absolute atomic E-state index is 13.4. The number of aliphatic hydroxyl groups excluding tert-OH is 1. The van der Waals surface area contributed by atoms with E-state index < -0.39 is 27.4 Å². The number of fused-ring (bicyclic) bond motifs is 1. The molecule has 0 amide bonds. The quantitative estimate of drug-likeness (QED) is 0.346. The fraction of sp³-hybridized carbons (Fsp3) is 0.192. The Balaban J connectivity index is 1.59. The summed E-state index contributed by atoms with van der Waals surface area (Å²) in [5.74, 6) is 0. The highest BCUT2D eigenvalue weighted by Crippen LogP contribution is 2.34. The van der Waals surface area contributed by atoms with Crippen molar-refractivity contribution in [1.29, 1.82) is 0 Å². The second kappa shape index (κ2) is 10.3. The van der Waals surface area contributed by atoms with E-state index in [-0.39, 0.29) is 42.0 Å². The van der Waals surface area contributed by atoms with Gasteiger partial charge in [-0.15, -0.1) is 0 Å². The minimum absolute atomic E-state index is 0.0373. The molecular weight excluding hydrogens is 495 g/mol. The minimum Gasteiger partial charge on any atom is -0.423 e. The number of hydrogen-bond donors (Lipinski definition) is 1. The third kappa shape index (κ3) is 5.67. The van der Waals surface area contributed by atoms with Gasteiger partial charge in [-0.1, -0.05) is 48.5 Å². The first kappa shape index (κ1) is 25.6. The number of benzene rings is 3. The van der Waals surface area contributed by atoms with E-state index in [1.54, 1.807) is 42.5 Å². The van der Waals surface area contributed by atoms with Crippen molar-refractivity contribution in [3.63, 3.8) is 0 Å². The first-order valence-electron chi connectivity index (χ1n) is 11.0. The molecule has 0 aliphatic carbocycles. The SMILES string of the molecule is O=c1cc(C(F)(F)F)c2cc(Cc3ccc(S(=O)(=O)N(CCO)Cc4ccccc4)cc3)ccc2o1. The average molecular weight is 518 g/mol. The van der Waals surface area contributed by atoms with Gasteiger partial charge in [0.05, 0.1) is 17.1 Å². The molecule has 3 aromatic carbocycles. The van der Waals surface area contributed by atoms with Crippen LogP contribution in [-0.2, 0) is 29.2 Å². The lowest BCUT2D eigenvalue weighted by Crippen LogP contribution is -2.33. The molecule has 1 N–H and O–H groups in total. The molecule has 0 saturated carbocycles. The summed E-state index contributed by atoms with van der Waals surface area (Å²) in [4.78, 5) is 11.5. The molecule has 36 heavy (non-hydrogen) atoms. The number of nitrogens with zero attached hydrogens (tertiary/aromatic N) is 1. The molecule has 0 aliphatic rings. The summed E-state index contributed by atoms with van der Waals surface area (Å²) in [5, 5.41) is 9.17. The average Bonchev–Trinajstić information content (AvgIpc) is 2.84. The molecule has 4 rings (SSSR count). The van der Waals surface area contributed by atoms with Crippen molar-refractivity contribution in [1.82, 2.24) is 4.31 Å². The Kier molecular flexibility index (Phi) is 7.30. The molecule has 0 aliphatic heterocycles. The highest BCUT2D eigenvalue weighted by atomic mass is 32.2. The third-order valence-corrected chi connectivity index (χ3v) is 7.49. The van der Waals surface area contributed by atoms with Gasteiger partial charge in [-0.2, -0.15) is 17.5 Å². The fourth-order valence-electron chi connectivity index (χ4n) is 3.90. The van der Waals surface area contributed by atoms with Crippen molar-refractivity contribution < 1.29 is 31.1 Å². The summed E-state index contributed by atoms with van der Waals surface area (Å²) < 4.78 is 72.7. The Morgan fingerprint density at radius 2 is 1.53 bits per heavy atom. The van der Waals surface area contributed by atoms with Crippen molar-refractivity contribution in [2.75, 3.05) is 13.2 Å². The smallest absolute Gasteiger partial charge is 0.417 e. The van der Waals surface area contributed by atoms with Crippen molar-refractivity contribution >= 4 is 21.0 Å². The molecular formula is C26H22F3NO5S. The Bertz CT molecular complexity index is 1520. The van der Waals surface area contributed by atoms with Gasteiger partial charge in [0, 0.05) is 24.5 Å². The molecule has 0 spiro atoms. The third-order valence-electron chi connectivity index (χ3n) is 5.63. The van der Waals surface area contributed by atoms with Crippen LogP contribution in [0.2, 0.25) is 0 Å². The number of alkyl halides is 3. The van der Waals surface area contributed by atoms with Gasteiger partial charge in [-0.3, -0.25) is 0 Å². The van der Waals surface area contributed by atoms with Crippen LogP contribution in [0.5, 0.6) is 0 Å². The van der Waals surface area contributed by atoms with E-state index in [1.165, 1.54) is 28.6 Å². The number of sulfonamides is 1. The Labute approximate surface area is 205 Å². The predicted octanol–water partition coefficient (Wildman–Crippen LogP) is 4.59. The van der Waals surface area contributed by atoms with Crippen molar-refractivity contribution in [3.05, 3.63) is 112 Å². The summed E-state index contributed by atoms with van der Waals surface area (Å²) >= 11 is 0. The Morgan fingerprint density at radius 3 is 2.17 bits per heavy atom. The van der Waals surface area contributed by atoms with E-state index in [0.717, 1.165) is 5.56 Å². The first-order valence-corrected chi connectivity index (χ1v) is 12.4.